The number of halogens is 1. The van der Waals surface area contributed by atoms with Crippen LogP contribution >= 0.6 is 24.0 Å². The van der Waals surface area contributed by atoms with Crippen molar-refractivity contribution >= 4 is 40.0 Å². The first-order valence-electron chi connectivity index (χ1n) is 10.1. The fourth-order valence-corrected chi connectivity index (χ4v) is 4.80. The molecule has 1 aliphatic heterocycles. The molecule has 1 aliphatic rings. The summed E-state index contributed by atoms with van der Waals surface area (Å²) in [5, 5.41) is 6.53. The Labute approximate surface area is 201 Å². The van der Waals surface area contributed by atoms with Crippen LogP contribution in [0, 0.1) is 0 Å². The number of guanidine groups is 1. The lowest BCUT2D eigenvalue weighted by Crippen LogP contribution is -2.41. The van der Waals surface area contributed by atoms with Crippen LogP contribution in [0.1, 0.15) is 16.8 Å². The fourth-order valence-electron chi connectivity index (χ4n) is 3.24. The third-order valence-electron chi connectivity index (χ3n) is 4.89. The highest BCUT2D eigenvalue weighted by atomic mass is 127. The zero-order chi connectivity index (χ0) is 21.2. The summed E-state index contributed by atoms with van der Waals surface area (Å²) >= 11 is 0. The molecule has 2 N–H and O–H groups in total. The maximum atomic E-state index is 12.8. The molecule has 1 saturated heterocycles. The Morgan fingerprint density at radius 3 is 2.48 bits per heavy atom. The molecule has 1 aromatic heterocycles. The van der Waals surface area contributed by atoms with Crippen molar-refractivity contribution in [2.45, 2.75) is 18.7 Å². The quantitative estimate of drug-likeness (QED) is 0.291. The third-order valence-corrected chi connectivity index (χ3v) is 6.72. The van der Waals surface area contributed by atoms with Gasteiger partial charge >= 0.3 is 0 Å². The molecule has 8 nitrogen and oxygen atoms in total. The maximum absolute atomic E-state index is 12.8. The predicted octanol–water partition coefficient (Wildman–Crippen LogP) is 1.77. The minimum absolute atomic E-state index is 0. The van der Waals surface area contributed by atoms with Gasteiger partial charge in [0.05, 0.1) is 19.0 Å². The number of aromatic nitrogens is 1. The Kier molecular flexibility index (Phi) is 10.6. The summed E-state index contributed by atoms with van der Waals surface area (Å²) in [4.78, 5) is 8.56. The van der Waals surface area contributed by atoms with E-state index in [2.05, 4.69) is 20.6 Å². The Morgan fingerprint density at radius 1 is 1.10 bits per heavy atom. The van der Waals surface area contributed by atoms with Gasteiger partial charge in [-0.25, -0.2) is 8.42 Å². The van der Waals surface area contributed by atoms with E-state index < -0.39 is 10.0 Å². The summed E-state index contributed by atoms with van der Waals surface area (Å²) < 4.78 is 32.4. The first kappa shape index (κ1) is 25.5. The van der Waals surface area contributed by atoms with Crippen molar-refractivity contribution < 1.29 is 13.2 Å². The lowest BCUT2D eigenvalue weighted by Gasteiger charge is -2.26. The molecule has 0 aliphatic carbocycles. The number of rotatable bonds is 8. The van der Waals surface area contributed by atoms with Crippen LogP contribution in [-0.4, -0.2) is 63.6 Å². The largest absolute Gasteiger partial charge is 0.379 e. The van der Waals surface area contributed by atoms with Gasteiger partial charge in [0.15, 0.2) is 5.96 Å². The molecule has 1 aromatic carbocycles. The highest BCUT2D eigenvalue weighted by Crippen LogP contribution is 2.16. The van der Waals surface area contributed by atoms with E-state index in [1.54, 1.807) is 13.2 Å². The average molecular weight is 559 g/mol. The second-order valence-corrected chi connectivity index (χ2v) is 8.93. The van der Waals surface area contributed by atoms with Gasteiger partial charge in [0.1, 0.15) is 0 Å². The molecule has 31 heavy (non-hydrogen) atoms. The van der Waals surface area contributed by atoms with Crippen molar-refractivity contribution in [3.05, 3.63) is 65.5 Å². The third kappa shape index (κ3) is 8.02. The number of hydrogen-bond donors (Lipinski definition) is 2. The van der Waals surface area contributed by atoms with Crippen molar-refractivity contribution in [1.29, 1.82) is 0 Å². The summed E-state index contributed by atoms with van der Waals surface area (Å²) in [6.45, 7) is 2.90. The summed E-state index contributed by atoms with van der Waals surface area (Å²) in [6, 6.07) is 13.5. The van der Waals surface area contributed by atoms with E-state index in [0.717, 1.165) is 23.2 Å². The van der Waals surface area contributed by atoms with Crippen LogP contribution < -0.4 is 10.6 Å². The number of nitrogens with one attached hydrogen (secondary N) is 2. The molecule has 1 fully saturated rings. The number of hydrogen-bond acceptors (Lipinski definition) is 5. The van der Waals surface area contributed by atoms with Gasteiger partial charge in [-0.05, 0) is 23.3 Å². The van der Waals surface area contributed by atoms with Gasteiger partial charge in [-0.2, -0.15) is 4.31 Å². The Balaban J connectivity index is 0.00000341. The van der Waals surface area contributed by atoms with E-state index >= 15 is 0 Å². The first-order valence-corrected chi connectivity index (χ1v) is 11.7. The molecule has 0 amide bonds. The van der Waals surface area contributed by atoms with E-state index in [0.29, 0.717) is 45.4 Å². The summed E-state index contributed by atoms with van der Waals surface area (Å²) in [7, 11) is -1.66. The van der Waals surface area contributed by atoms with Crippen molar-refractivity contribution in [3.63, 3.8) is 0 Å². The zero-order valence-electron chi connectivity index (χ0n) is 17.7. The number of benzene rings is 1. The standard InChI is InChI=1S/C21H29N5O3S.HI/c1-22-21(24-11-9-20-8-4-5-10-23-20)25-16-18-6-2-3-7-19(18)17-30(27,28)26-12-14-29-15-13-26;/h2-8,10H,9,11-17H2,1H3,(H2,22,24,25);1H. The normalized spacial score (nSPS) is 15.2. The Morgan fingerprint density at radius 2 is 1.81 bits per heavy atom. The monoisotopic (exact) mass is 559 g/mol. The Bertz CT molecular complexity index is 935. The Hall–Kier alpha value is -1.76. The number of nitrogens with zero attached hydrogens (tertiary/aromatic N) is 3. The molecule has 0 bridgehead atoms. The fraction of sp³-hybridized carbons (Fsp3) is 0.429. The molecule has 0 atom stereocenters. The maximum Gasteiger partial charge on any atom is 0.218 e. The molecule has 0 unspecified atom stereocenters. The molecule has 2 aromatic rings. The second kappa shape index (κ2) is 12.9. The molecule has 3 rings (SSSR count). The van der Waals surface area contributed by atoms with Crippen molar-refractivity contribution in [2.75, 3.05) is 39.9 Å². The first-order chi connectivity index (χ1) is 14.6. The molecule has 0 saturated carbocycles. The molecular formula is C21H30IN5O3S. The highest BCUT2D eigenvalue weighted by molar-refractivity contribution is 14.0. The van der Waals surface area contributed by atoms with E-state index in [4.69, 9.17) is 4.74 Å². The molecular weight excluding hydrogens is 529 g/mol. The highest BCUT2D eigenvalue weighted by Gasteiger charge is 2.25. The molecule has 170 valence electrons. The van der Waals surface area contributed by atoms with Crippen molar-refractivity contribution in [3.8, 4) is 0 Å². The lowest BCUT2D eigenvalue weighted by atomic mass is 10.1. The average Bonchev–Trinajstić information content (AvgIpc) is 2.78. The van der Waals surface area contributed by atoms with Gasteiger partial charge in [-0.15, -0.1) is 24.0 Å². The van der Waals surface area contributed by atoms with Crippen LogP contribution in [0.15, 0.2) is 53.7 Å². The van der Waals surface area contributed by atoms with Crippen LogP contribution in [0.3, 0.4) is 0 Å². The van der Waals surface area contributed by atoms with Crippen molar-refractivity contribution in [2.24, 2.45) is 4.99 Å². The number of ether oxygens (including phenoxy) is 1. The summed E-state index contributed by atoms with van der Waals surface area (Å²) in [5.41, 5.74) is 2.74. The summed E-state index contributed by atoms with van der Waals surface area (Å²) in [6.07, 6.45) is 2.57. The van der Waals surface area contributed by atoms with Gasteiger partial charge in [0.2, 0.25) is 10.0 Å². The minimum atomic E-state index is -3.38. The molecule has 2 heterocycles. The molecule has 0 spiro atoms. The van der Waals surface area contributed by atoms with Gasteiger partial charge in [-0.1, -0.05) is 30.3 Å². The van der Waals surface area contributed by atoms with Crippen LogP contribution in [-0.2, 0) is 33.5 Å². The number of sulfonamides is 1. The minimum Gasteiger partial charge on any atom is -0.379 e. The molecule has 10 heteroatoms. The lowest BCUT2D eigenvalue weighted by molar-refractivity contribution is 0.0729. The van der Waals surface area contributed by atoms with E-state index in [-0.39, 0.29) is 29.7 Å². The van der Waals surface area contributed by atoms with Gasteiger partial charge in [0, 0.05) is 51.5 Å². The van der Waals surface area contributed by atoms with E-state index in [1.165, 1.54) is 4.31 Å². The van der Waals surface area contributed by atoms with Crippen molar-refractivity contribution in [1.82, 2.24) is 19.9 Å². The van der Waals surface area contributed by atoms with E-state index in [9.17, 15) is 8.42 Å². The number of pyridine rings is 1. The zero-order valence-corrected chi connectivity index (χ0v) is 20.8. The number of morpholine rings is 1. The predicted molar refractivity (Wildman–Crippen MR) is 133 cm³/mol. The smallest absolute Gasteiger partial charge is 0.218 e. The topological polar surface area (TPSA) is 95.9 Å². The van der Waals surface area contributed by atoms with E-state index in [1.807, 2.05) is 42.5 Å². The summed E-state index contributed by atoms with van der Waals surface area (Å²) in [5.74, 6) is 0.646. The second-order valence-electron chi connectivity index (χ2n) is 6.96. The van der Waals surface area contributed by atoms with Gasteiger partial charge in [0.25, 0.3) is 0 Å². The molecule has 0 radical (unpaired) electrons. The van der Waals surface area contributed by atoms with Crippen LogP contribution in [0.5, 0.6) is 0 Å². The van der Waals surface area contributed by atoms with Gasteiger partial charge in [-0.3, -0.25) is 9.98 Å². The van der Waals surface area contributed by atoms with Crippen LogP contribution in [0.25, 0.3) is 0 Å². The van der Waals surface area contributed by atoms with Crippen LogP contribution in [0.4, 0.5) is 0 Å². The van der Waals surface area contributed by atoms with Gasteiger partial charge < -0.3 is 15.4 Å². The number of aliphatic imine (C=N–C) groups is 1. The SMILES string of the molecule is CN=C(NCCc1ccccn1)NCc1ccccc1CS(=O)(=O)N1CCOCC1.I. The van der Waals surface area contributed by atoms with Crippen LogP contribution in [0.2, 0.25) is 0 Å².